The zero-order chi connectivity index (χ0) is 15.5. The summed E-state index contributed by atoms with van der Waals surface area (Å²) in [6.45, 7) is 7.25. The third-order valence-electron chi connectivity index (χ3n) is 4.09. The van der Waals surface area contributed by atoms with Crippen molar-refractivity contribution < 1.29 is 10.0 Å². The molecular weight excluding hydrogens is 270 g/mol. The number of piperazine rings is 1. The predicted octanol–water partition coefficient (Wildman–Crippen LogP) is 1.56. The molecule has 1 saturated heterocycles. The number of aliphatic hydroxyl groups is 1. The lowest BCUT2D eigenvalue weighted by Gasteiger charge is -2.43. The second-order valence-corrected chi connectivity index (χ2v) is 6.15. The molecule has 1 heterocycles. The number of rotatable bonds is 5. The van der Waals surface area contributed by atoms with Gasteiger partial charge in [0.15, 0.2) is 0 Å². The van der Waals surface area contributed by atoms with E-state index in [-0.39, 0.29) is 23.3 Å². The fourth-order valence-corrected chi connectivity index (χ4v) is 3.02. The molecular formula is C15H23N3O3. The van der Waals surface area contributed by atoms with Crippen molar-refractivity contribution in [1.82, 2.24) is 10.2 Å². The molecule has 0 bridgehead atoms. The van der Waals surface area contributed by atoms with Crippen molar-refractivity contribution in [1.29, 1.82) is 0 Å². The molecule has 1 aliphatic rings. The van der Waals surface area contributed by atoms with Gasteiger partial charge in [-0.15, -0.1) is 0 Å². The van der Waals surface area contributed by atoms with Crippen molar-refractivity contribution >= 4 is 5.69 Å². The van der Waals surface area contributed by atoms with Gasteiger partial charge in [0.2, 0.25) is 0 Å². The number of nitro benzene ring substituents is 1. The van der Waals surface area contributed by atoms with E-state index in [0.717, 1.165) is 26.2 Å². The highest BCUT2D eigenvalue weighted by molar-refractivity contribution is 5.43. The number of aliphatic hydroxyl groups excluding tert-OH is 1. The van der Waals surface area contributed by atoms with Gasteiger partial charge in [-0.05, 0) is 0 Å². The predicted molar refractivity (Wildman–Crippen MR) is 81.1 cm³/mol. The van der Waals surface area contributed by atoms with Crippen LogP contribution in [-0.2, 0) is 0 Å². The third-order valence-corrected chi connectivity index (χ3v) is 4.09. The first-order valence-corrected chi connectivity index (χ1v) is 7.26. The molecule has 0 aromatic heterocycles. The van der Waals surface area contributed by atoms with Crippen LogP contribution in [0.2, 0.25) is 0 Å². The van der Waals surface area contributed by atoms with Gasteiger partial charge in [-0.3, -0.25) is 15.0 Å². The summed E-state index contributed by atoms with van der Waals surface area (Å²) >= 11 is 0. The number of nitrogens with one attached hydrogen (secondary N) is 1. The zero-order valence-electron chi connectivity index (χ0n) is 12.6. The van der Waals surface area contributed by atoms with Gasteiger partial charge in [0.25, 0.3) is 5.69 Å². The minimum atomic E-state index is -0.455. The topological polar surface area (TPSA) is 78.6 Å². The highest BCUT2D eigenvalue weighted by Crippen LogP contribution is 2.41. The van der Waals surface area contributed by atoms with Crippen LogP contribution in [-0.4, -0.2) is 47.7 Å². The summed E-state index contributed by atoms with van der Waals surface area (Å²) in [5.41, 5.74) is 0.356. The molecule has 1 aromatic rings. The Morgan fingerprint density at radius 3 is 2.57 bits per heavy atom. The average Bonchev–Trinajstić information content (AvgIpc) is 2.48. The van der Waals surface area contributed by atoms with Crippen molar-refractivity contribution in [2.45, 2.75) is 19.9 Å². The summed E-state index contributed by atoms with van der Waals surface area (Å²) in [5, 5.41) is 24.4. The number of nitrogens with zero attached hydrogens (tertiary/aromatic N) is 2. The van der Waals surface area contributed by atoms with E-state index in [1.807, 2.05) is 26.0 Å². The average molecular weight is 293 g/mol. The molecule has 0 radical (unpaired) electrons. The first kappa shape index (κ1) is 15.9. The maximum Gasteiger partial charge on any atom is 0.274 e. The third kappa shape index (κ3) is 3.40. The van der Waals surface area contributed by atoms with Crippen LogP contribution in [0.3, 0.4) is 0 Å². The summed E-state index contributed by atoms with van der Waals surface area (Å²) in [6, 6.07) is 6.68. The monoisotopic (exact) mass is 293 g/mol. The van der Waals surface area contributed by atoms with Crippen molar-refractivity contribution in [3.8, 4) is 0 Å². The van der Waals surface area contributed by atoms with E-state index in [0.29, 0.717) is 5.56 Å². The fourth-order valence-electron chi connectivity index (χ4n) is 3.02. The highest BCUT2D eigenvalue weighted by atomic mass is 16.6. The Balaban J connectivity index is 2.47. The molecule has 1 aliphatic heterocycles. The highest BCUT2D eigenvalue weighted by Gasteiger charge is 2.38. The molecule has 0 unspecified atom stereocenters. The van der Waals surface area contributed by atoms with Gasteiger partial charge in [0.05, 0.1) is 4.92 Å². The number of benzene rings is 1. The van der Waals surface area contributed by atoms with E-state index in [2.05, 4.69) is 10.2 Å². The van der Waals surface area contributed by atoms with E-state index in [1.54, 1.807) is 6.07 Å². The molecule has 2 rings (SSSR count). The molecule has 1 aromatic carbocycles. The summed E-state index contributed by atoms with van der Waals surface area (Å²) in [4.78, 5) is 13.2. The number of hydrogen-bond acceptors (Lipinski definition) is 5. The van der Waals surface area contributed by atoms with E-state index in [9.17, 15) is 15.2 Å². The van der Waals surface area contributed by atoms with Gasteiger partial charge < -0.3 is 10.4 Å². The van der Waals surface area contributed by atoms with Crippen LogP contribution >= 0.6 is 0 Å². The molecule has 0 aliphatic carbocycles. The van der Waals surface area contributed by atoms with Gasteiger partial charge in [0, 0.05) is 55.9 Å². The zero-order valence-corrected chi connectivity index (χ0v) is 12.6. The summed E-state index contributed by atoms with van der Waals surface area (Å²) in [5.74, 6) is 0. The van der Waals surface area contributed by atoms with E-state index in [4.69, 9.17) is 0 Å². The van der Waals surface area contributed by atoms with Gasteiger partial charge in [-0.25, -0.2) is 0 Å². The van der Waals surface area contributed by atoms with Crippen molar-refractivity contribution in [3.05, 3.63) is 39.9 Å². The lowest BCUT2D eigenvalue weighted by molar-refractivity contribution is -0.386. The summed E-state index contributed by atoms with van der Waals surface area (Å²) in [7, 11) is 0. The Morgan fingerprint density at radius 1 is 1.38 bits per heavy atom. The molecule has 1 atom stereocenters. The van der Waals surface area contributed by atoms with Gasteiger partial charge in [0.1, 0.15) is 0 Å². The summed E-state index contributed by atoms with van der Waals surface area (Å²) in [6.07, 6.45) is 0. The Kier molecular flexibility index (Phi) is 4.92. The molecule has 2 N–H and O–H groups in total. The Bertz CT molecular complexity index is 499. The van der Waals surface area contributed by atoms with Crippen molar-refractivity contribution in [3.63, 3.8) is 0 Å². The SMILES string of the molecule is CC(C)(CO)[C@H](c1ccccc1[N+](=O)[O-])N1CCNCC1. The molecule has 0 amide bonds. The molecule has 1 fully saturated rings. The standard InChI is InChI=1S/C15H23N3O3/c1-15(2,11-19)14(17-9-7-16-8-10-17)12-5-3-4-6-13(12)18(20)21/h3-6,14,16,19H,7-11H2,1-2H3/t14-/m0/s1. The molecule has 6 nitrogen and oxygen atoms in total. The number of para-hydroxylation sites is 1. The van der Waals surface area contributed by atoms with Crippen LogP contribution < -0.4 is 5.32 Å². The van der Waals surface area contributed by atoms with E-state index >= 15 is 0 Å². The largest absolute Gasteiger partial charge is 0.396 e. The van der Waals surface area contributed by atoms with Crippen LogP contribution in [0.15, 0.2) is 24.3 Å². The van der Waals surface area contributed by atoms with E-state index in [1.165, 1.54) is 6.07 Å². The quantitative estimate of drug-likeness (QED) is 0.636. The maximum absolute atomic E-state index is 11.3. The van der Waals surface area contributed by atoms with Crippen molar-refractivity contribution in [2.24, 2.45) is 5.41 Å². The first-order valence-electron chi connectivity index (χ1n) is 7.26. The van der Waals surface area contributed by atoms with Crippen LogP contribution in [0.25, 0.3) is 0 Å². The van der Waals surface area contributed by atoms with E-state index < -0.39 is 5.41 Å². The minimum absolute atomic E-state index is 0.0202. The maximum atomic E-state index is 11.3. The lowest BCUT2D eigenvalue weighted by atomic mass is 9.79. The molecule has 21 heavy (non-hydrogen) atoms. The first-order chi connectivity index (χ1) is 9.97. The van der Waals surface area contributed by atoms with Crippen LogP contribution in [0.4, 0.5) is 5.69 Å². The number of nitro groups is 1. The molecule has 116 valence electrons. The Labute approximate surface area is 124 Å². The van der Waals surface area contributed by atoms with Crippen LogP contribution in [0.5, 0.6) is 0 Å². The molecule has 0 spiro atoms. The number of hydrogen-bond donors (Lipinski definition) is 2. The minimum Gasteiger partial charge on any atom is -0.396 e. The van der Waals surface area contributed by atoms with Crippen LogP contribution in [0.1, 0.15) is 25.5 Å². The van der Waals surface area contributed by atoms with Gasteiger partial charge >= 0.3 is 0 Å². The second-order valence-electron chi connectivity index (χ2n) is 6.15. The van der Waals surface area contributed by atoms with Crippen LogP contribution in [0, 0.1) is 15.5 Å². The summed E-state index contributed by atoms with van der Waals surface area (Å²) < 4.78 is 0. The Morgan fingerprint density at radius 2 is 2.00 bits per heavy atom. The van der Waals surface area contributed by atoms with Gasteiger partial charge in [-0.1, -0.05) is 32.0 Å². The van der Waals surface area contributed by atoms with Crippen molar-refractivity contribution in [2.75, 3.05) is 32.8 Å². The molecule has 0 saturated carbocycles. The second kappa shape index (κ2) is 6.51. The lowest BCUT2D eigenvalue weighted by Crippen LogP contribution is -2.49. The smallest absolute Gasteiger partial charge is 0.274 e. The fraction of sp³-hybridized carbons (Fsp3) is 0.600. The molecule has 6 heteroatoms. The Hall–Kier alpha value is -1.50. The van der Waals surface area contributed by atoms with Gasteiger partial charge in [-0.2, -0.15) is 0 Å². The normalized spacial score (nSPS) is 18.4.